The largest absolute Gasteiger partial charge is 0.343 e. The van der Waals surface area contributed by atoms with E-state index in [-0.39, 0.29) is 5.91 Å². The Morgan fingerprint density at radius 3 is 2.62 bits per heavy atom. The predicted molar refractivity (Wildman–Crippen MR) is 52.3 cm³/mol. The van der Waals surface area contributed by atoms with Gasteiger partial charge in [0.25, 0.3) is 0 Å². The maximum Gasteiger partial charge on any atom is 0.219 e. The normalized spacial score (nSPS) is 19.1. The zero-order valence-electron chi connectivity index (χ0n) is 8.25. The third kappa shape index (κ3) is 3.32. The van der Waals surface area contributed by atoms with Gasteiger partial charge in [0.15, 0.2) is 0 Å². The summed E-state index contributed by atoms with van der Waals surface area (Å²) >= 11 is 0. The minimum atomic E-state index is 0.192. The fraction of sp³-hybridized carbons (Fsp3) is 0.889. The smallest absolute Gasteiger partial charge is 0.219 e. The van der Waals surface area contributed by atoms with Crippen molar-refractivity contribution >= 4 is 5.91 Å². The Balaban J connectivity index is 2.18. The van der Waals surface area contributed by atoms with Crippen LogP contribution in [-0.2, 0) is 4.79 Å². The molecular weight excluding hydrogens is 166 g/mol. The first-order chi connectivity index (χ1) is 6.24. The SMILES string of the molecule is CC(=O)N1CCC(NCCN)CC1. The van der Waals surface area contributed by atoms with Crippen LogP contribution in [0.25, 0.3) is 0 Å². The lowest BCUT2D eigenvalue weighted by molar-refractivity contribution is -0.129. The highest BCUT2D eigenvalue weighted by atomic mass is 16.2. The Kier molecular flexibility index (Phi) is 4.18. The second-order valence-corrected chi connectivity index (χ2v) is 3.52. The molecule has 4 nitrogen and oxygen atoms in total. The third-order valence-electron chi connectivity index (χ3n) is 2.52. The average Bonchev–Trinajstić information content (AvgIpc) is 2.15. The molecule has 1 aliphatic rings. The first-order valence-corrected chi connectivity index (χ1v) is 4.93. The van der Waals surface area contributed by atoms with Crippen molar-refractivity contribution in [2.45, 2.75) is 25.8 Å². The van der Waals surface area contributed by atoms with E-state index in [0.717, 1.165) is 32.5 Å². The van der Waals surface area contributed by atoms with Gasteiger partial charge in [-0.2, -0.15) is 0 Å². The van der Waals surface area contributed by atoms with E-state index in [9.17, 15) is 4.79 Å². The lowest BCUT2D eigenvalue weighted by atomic mass is 10.1. The number of nitrogens with zero attached hydrogens (tertiary/aromatic N) is 1. The number of nitrogens with one attached hydrogen (secondary N) is 1. The molecule has 76 valence electrons. The van der Waals surface area contributed by atoms with Gasteiger partial charge in [-0.15, -0.1) is 0 Å². The van der Waals surface area contributed by atoms with Crippen LogP contribution in [0, 0.1) is 0 Å². The summed E-state index contributed by atoms with van der Waals surface area (Å²) in [6, 6.07) is 0.555. The summed E-state index contributed by atoms with van der Waals surface area (Å²) in [5, 5.41) is 3.37. The summed E-state index contributed by atoms with van der Waals surface area (Å²) in [6.45, 7) is 4.97. The number of carbonyl (C=O) groups excluding carboxylic acids is 1. The van der Waals surface area contributed by atoms with E-state index in [1.807, 2.05) is 4.90 Å². The highest BCUT2D eigenvalue weighted by molar-refractivity contribution is 5.73. The topological polar surface area (TPSA) is 58.4 Å². The Bertz CT molecular complexity index is 164. The monoisotopic (exact) mass is 185 g/mol. The van der Waals surface area contributed by atoms with Gasteiger partial charge in [0.2, 0.25) is 5.91 Å². The molecule has 0 spiro atoms. The molecule has 1 fully saturated rings. The third-order valence-corrected chi connectivity index (χ3v) is 2.52. The van der Waals surface area contributed by atoms with Crippen molar-refractivity contribution in [1.82, 2.24) is 10.2 Å². The fourth-order valence-electron chi connectivity index (χ4n) is 1.69. The lowest BCUT2D eigenvalue weighted by Gasteiger charge is -2.31. The highest BCUT2D eigenvalue weighted by Gasteiger charge is 2.19. The van der Waals surface area contributed by atoms with E-state index in [0.29, 0.717) is 12.6 Å². The highest BCUT2D eigenvalue weighted by Crippen LogP contribution is 2.09. The molecule has 1 rings (SSSR count). The molecule has 1 aliphatic heterocycles. The van der Waals surface area contributed by atoms with Gasteiger partial charge in [-0.1, -0.05) is 0 Å². The summed E-state index contributed by atoms with van der Waals surface area (Å²) in [5.41, 5.74) is 5.39. The van der Waals surface area contributed by atoms with E-state index in [1.165, 1.54) is 0 Å². The summed E-state index contributed by atoms with van der Waals surface area (Å²) in [7, 11) is 0. The molecule has 4 heteroatoms. The maximum absolute atomic E-state index is 11.0. The van der Waals surface area contributed by atoms with Crippen molar-refractivity contribution in [2.24, 2.45) is 5.73 Å². The van der Waals surface area contributed by atoms with Crippen molar-refractivity contribution in [3.63, 3.8) is 0 Å². The summed E-state index contributed by atoms with van der Waals surface area (Å²) in [5.74, 6) is 0.192. The number of amides is 1. The summed E-state index contributed by atoms with van der Waals surface area (Å²) in [4.78, 5) is 12.9. The Morgan fingerprint density at radius 2 is 2.15 bits per heavy atom. The van der Waals surface area contributed by atoms with Crippen LogP contribution in [0.1, 0.15) is 19.8 Å². The first-order valence-electron chi connectivity index (χ1n) is 4.93. The van der Waals surface area contributed by atoms with Crippen LogP contribution in [-0.4, -0.2) is 43.0 Å². The molecule has 0 aliphatic carbocycles. The van der Waals surface area contributed by atoms with Crippen LogP contribution in [0.15, 0.2) is 0 Å². The molecule has 0 aromatic heterocycles. The fourth-order valence-corrected chi connectivity index (χ4v) is 1.69. The first kappa shape index (κ1) is 10.5. The second-order valence-electron chi connectivity index (χ2n) is 3.52. The number of piperidine rings is 1. The van der Waals surface area contributed by atoms with Crippen molar-refractivity contribution in [3.05, 3.63) is 0 Å². The number of likely N-dealkylation sites (tertiary alicyclic amines) is 1. The van der Waals surface area contributed by atoms with E-state index >= 15 is 0 Å². The Morgan fingerprint density at radius 1 is 1.54 bits per heavy atom. The van der Waals surface area contributed by atoms with Crippen LogP contribution in [0.5, 0.6) is 0 Å². The number of carbonyl (C=O) groups is 1. The van der Waals surface area contributed by atoms with Crippen molar-refractivity contribution < 1.29 is 4.79 Å². The standard InChI is InChI=1S/C9H19N3O/c1-8(13)12-6-2-9(3-7-12)11-5-4-10/h9,11H,2-7,10H2,1H3. The minimum Gasteiger partial charge on any atom is -0.343 e. The molecule has 1 heterocycles. The van der Waals surface area contributed by atoms with Crippen molar-refractivity contribution in [1.29, 1.82) is 0 Å². The lowest BCUT2D eigenvalue weighted by Crippen LogP contribution is -2.45. The van der Waals surface area contributed by atoms with Gasteiger partial charge in [-0.05, 0) is 12.8 Å². The van der Waals surface area contributed by atoms with Crippen LogP contribution in [0.4, 0.5) is 0 Å². The average molecular weight is 185 g/mol. The molecule has 3 N–H and O–H groups in total. The van der Waals surface area contributed by atoms with Gasteiger partial charge in [0.1, 0.15) is 0 Å². The second kappa shape index (κ2) is 5.19. The molecule has 0 aromatic carbocycles. The van der Waals surface area contributed by atoms with Gasteiger partial charge >= 0.3 is 0 Å². The molecule has 0 bridgehead atoms. The van der Waals surface area contributed by atoms with Crippen LogP contribution in [0.2, 0.25) is 0 Å². The predicted octanol–water partition coefficient (Wildman–Crippen LogP) is -0.454. The van der Waals surface area contributed by atoms with Crippen LogP contribution in [0.3, 0.4) is 0 Å². The van der Waals surface area contributed by atoms with E-state index in [1.54, 1.807) is 6.92 Å². The number of rotatable bonds is 3. The van der Waals surface area contributed by atoms with Gasteiger partial charge in [0.05, 0.1) is 0 Å². The molecule has 0 radical (unpaired) electrons. The molecule has 0 aromatic rings. The van der Waals surface area contributed by atoms with Gasteiger partial charge in [-0.25, -0.2) is 0 Å². The number of nitrogens with two attached hydrogens (primary N) is 1. The molecule has 0 saturated carbocycles. The van der Waals surface area contributed by atoms with Crippen molar-refractivity contribution in [3.8, 4) is 0 Å². The van der Waals surface area contributed by atoms with E-state index < -0.39 is 0 Å². The van der Waals surface area contributed by atoms with Gasteiger partial charge in [0, 0.05) is 39.1 Å². The molecule has 0 unspecified atom stereocenters. The number of hydrogen-bond acceptors (Lipinski definition) is 3. The van der Waals surface area contributed by atoms with Gasteiger partial charge in [-0.3, -0.25) is 4.79 Å². The van der Waals surface area contributed by atoms with Gasteiger partial charge < -0.3 is 16.0 Å². The molecular formula is C9H19N3O. The van der Waals surface area contributed by atoms with Crippen LogP contribution >= 0.6 is 0 Å². The van der Waals surface area contributed by atoms with Crippen LogP contribution < -0.4 is 11.1 Å². The zero-order chi connectivity index (χ0) is 9.68. The van der Waals surface area contributed by atoms with E-state index in [2.05, 4.69) is 5.32 Å². The van der Waals surface area contributed by atoms with Crippen molar-refractivity contribution in [2.75, 3.05) is 26.2 Å². The molecule has 1 amide bonds. The minimum absolute atomic E-state index is 0.192. The number of hydrogen-bond donors (Lipinski definition) is 2. The quantitative estimate of drug-likeness (QED) is 0.626. The summed E-state index contributed by atoms with van der Waals surface area (Å²) < 4.78 is 0. The molecule has 13 heavy (non-hydrogen) atoms. The molecule has 1 saturated heterocycles. The zero-order valence-corrected chi connectivity index (χ0v) is 8.25. The Hall–Kier alpha value is -0.610. The molecule has 0 atom stereocenters. The van der Waals surface area contributed by atoms with E-state index in [4.69, 9.17) is 5.73 Å². The summed E-state index contributed by atoms with van der Waals surface area (Å²) in [6.07, 6.45) is 2.11. The maximum atomic E-state index is 11.0. The Labute approximate surface area is 79.5 Å².